The first-order chi connectivity index (χ1) is 11.8. The van der Waals surface area contributed by atoms with E-state index in [9.17, 15) is 0 Å². The molecule has 0 N–H and O–H groups in total. The zero-order valence-corrected chi connectivity index (χ0v) is 14.1. The van der Waals surface area contributed by atoms with Gasteiger partial charge in [-0.25, -0.2) is 0 Å². The largest absolute Gasteiger partial charge is 0.344 e. The quantitative estimate of drug-likeness (QED) is 0.631. The Labute approximate surface area is 143 Å². The van der Waals surface area contributed by atoms with E-state index in [0.717, 1.165) is 6.54 Å². The van der Waals surface area contributed by atoms with Crippen molar-refractivity contribution in [2.24, 2.45) is 7.05 Å². The molecule has 0 radical (unpaired) electrons. The lowest BCUT2D eigenvalue weighted by Gasteiger charge is -2.23. The normalized spacial score (nSPS) is 13.7. The Balaban J connectivity index is 1.87. The van der Waals surface area contributed by atoms with Crippen LogP contribution in [0.4, 0.5) is 5.69 Å². The first-order valence-electron chi connectivity index (χ1n) is 8.33. The van der Waals surface area contributed by atoms with Crippen LogP contribution in [0.5, 0.6) is 0 Å². The fraction of sp³-hybridized carbons (Fsp3) is 0.136. The second-order valence-electron chi connectivity index (χ2n) is 6.21. The van der Waals surface area contributed by atoms with Crippen molar-refractivity contribution in [1.82, 2.24) is 0 Å². The molecule has 2 heteroatoms. The molecule has 1 aromatic heterocycles. The van der Waals surface area contributed by atoms with Crippen molar-refractivity contribution in [3.63, 3.8) is 0 Å². The van der Waals surface area contributed by atoms with Gasteiger partial charge >= 0.3 is 0 Å². The minimum absolute atomic E-state index is 0.921. The Morgan fingerprint density at radius 2 is 1.79 bits per heavy atom. The van der Waals surface area contributed by atoms with Gasteiger partial charge in [-0.05, 0) is 42.8 Å². The van der Waals surface area contributed by atoms with E-state index >= 15 is 0 Å². The minimum atomic E-state index is 0.921. The highest BCUT2D eigenvalue weighted by Gasteiger charge is 2.18. The molecule has 118 valence electrons. The SMILES string of the molecule is Cc1c(-c2ccc3ccccc3[n+]2C)cccc1N1C=CC=CC1. The van der Waals surface area contributed by atoms with Crippen LogP contribution in [0.3, 0.4) is 0 Å². The van der Waals surface area contributed by atoms with E-state index in [1.807, 2.05) is 0 Å². The van der Waals surface area contributed by atoms with E-state index in [-0.39, 0.29) is 0 Å². The highest BCUT2D eigenvalue weighted by Crippen LogP contribution is 2.30. The van der Waals surface area contributed by atoms with E-state index in [1.54, 1.807) is 0 Å². The number of hydrogen-bond acceptors (Lipinski definition) is 1. The molecule has 2 heterocycles. The maximum atomic E-state index is 2.29. The first kappa shape index (κ1) is 14.7. The van der Waals surface area contributed by atoms with Crippen LogP contribution in [0.1, 0.15) is 5.56 Å². The van der Waals surface area contributed by atoms with Crippen LogP contribution in [-0.4, -0.2) is 6.54 Å². The molecule has 1 aliphatic rings. The van der Waals surface area contributed by atoms with Gasteiger partial charge in [0.15, 0.2) is 0 Å². The van der Waals surface area contributed by atoms with Gasteiger partial charge in [0, 0.05) is 36.0 Å². The molecule has 0 saturated heterocycles. The average Bonchev–Trinajstić information content (AvgIpc) is 2.64. The first-order valence-corrected chi connectivity index (χ1v) is 8.33. The van der Waals surface area contributed by atoms with Gasteiger partial charge in [0.25, 0.3) is 0 Å². The third-order valence-electron chi connectivity index (χ3n) is 4.79. The standard InChI is InChI=1S/C22H21N2/c1-17-19(10-8-12-20(17)24-15-6-3-7-16-24)22-14-13-18-9-4-5-11-21(18)23(22)2/h3-15H,16H2,1-2H3/q+1. The van der Waals surface area contributed by atoms with Crippen molar-refractivity contribution < 1.29 is 4.57 Å². The predicted molar refractivity (Wildman–Crippen MR) is 101 cm³/mol. The molecule has 0 bridgehead atoms. The van der Waals surface area contributed by atoms with Crippen molar-refractivity contribution in [2.75, 3.05) is 11.4 Å². The molecular formula is C22H21N2+. The van der Waals surface area contributed by atoms with Gasteiger partial charge in [-0.1, -0.05) is 30.4 Å². The molecule has 0 unspecified atom stereocenters. The molecular weight excluding hydrogens is 292 g/mol. The number of benzene rings is 2. The summed E-state index contributed by atoms with van der Waals surface area (Å²) in [7, 11) is 2.15. The second kappa shape index (κ2) is 5.97. The molecule has 1 aliphatic heterocycles. The summed E-state index contributed by atoms with van der Waals surface area (Å²) in [6, 6.07) is 19.5. The van der Waals surface area contributed by atoms with Crippen molar-refractivity contribution in [3.05, 3.63) is 84.6 Å². The summed E-state index contributed by atoms with van der Waals surface area (Å²) in [4.78, 5) is 2.29. The zero-order chi connectivity index (χ0) is 16.5. The molecule has 3 aromatic rings. The van der Waals surface area contributed by atoms with Crippen LogP contribution in [0.2, 0.25) is 0 Å². The fourth-order valence-corrected chi connectivity index (χ4v) is 3.47. The van der Waals surface area contributed by atoms with E-state index < -0.39 is 0 Å². The molecule has 0 amide bonds. The number of anilines is 1. The predicted octanol–water partition coefficient (Wildman–Crippen LogP) is 4.53. The van der Waals surface area contributed by atoms with E-state index in [2.05, 4.69) is 102 Å². The van der Waals surface area contributed by atoms with Crippen LogP contribution in [0.25, 0.3) is 22.2 Å². The number of fused-ring (bicyclic) bond motifs is 1. The van der Waals surface area contributed by atoms with Gasteiger partial charge in [0.2, 0.25) is 11.2 Å². The molecule has 24 heavy (non-hydrogen) atoms. The number of pyridine rings is 1. The Kier molecular flexibility index (Phi) is 3.66. The molecule has 2 nitrogen and oxygen atoms in total. The van der Waals surface area contributed by atoms with E-state index in [1.165, 1.54) is 33.4 Å². The summed E-state index contributed by atoms with van der Waals surface area (Å²) < 4.78 is 2.29. The molecule has 2 aromatic carbocycles. The van der Waals surface area contributed by atoms with Crippen molar-refractivity contribution in [1.29, 1.82) is 0 Å². The summed E-state index contributed by atoms with van der Waals surface area (Å²) in [6.07, 6.45) is 8.51. The van der Waals surface area contributed by atoms with Crippen molar-refractivity contribution in [3.8, 4) is 11.3 Å². The fourth-order valence-electron chi connectivity index (χ4n) is 3.47. The summed E-state index contributed by atoms with van der Waals surface area (Å²) in [5.41, 5.74) is 6.35. The lowest BCUT2D eigenvalue weighted by atomic mass is 10.0. The van der Waals surface area contributed by atoms with E-state index in [4.69, 9.17) is 0 Å². The van der Waals surface area contributed by atoms with Crippen molar-refractivity contribution >= 4 is 16.6 Å². The Morgan fingerprint density at radius 1 is 0.917 bits per heavy atom. The van der Waals surface area contributed by atoms with Crippen LogP contribution >= 0.6 is 0 Å². The molecule has 0 fully saturated rings. The van der Waals surface area contributed by atoms with Crippen LogP contribution < -0.4 is 9.47 Å². The third-order valence-corrected chi connectivity index (χ3v) is 4.79. The Bertz CT molecular complexity index is 967. The lowest BCUT2D eigenvalue weighted by Crippen LogP contribution is -2.32. The van der Waals surface area contributed by atoms with E-state index in [0.29, 0.717) is 0 Å². The highest BCUT2D eigenvalue weighted by molar-refractivity contribution is 5.79. The molecule has 0 saturated carbocycles. The smallest absolute Gasteiger partial charge is 0.213 e. The van der Waals surface area contributed by atoms with Crippen LogP contribution in [0.15, 0.2) is 79.0 Å². The average molecular weight is 313 g/mol. The van der Waals surface area contributed by atoms with Gasteiger partial charge in [-0.2, -0.15) is 4.57 Å². The number of aryl methyl sites for hydroxylation is 1. The minimum Gasteiger partial charge on any atom is -0.344 e. The summed E-state index contributed by atoms with van der Waals surface area (Å²) in [5, 5.41) is 1.27. The van der Waals surface area contributed by atoms with Gasteiger partial charge < -0.3 is 4.90 Å². The maximum Gasteiger partial charge on any atom is 0.213 e. The van der Waals surface area contributed by atoms with Gasteiger partial charge in [-0.15, -0.1) is 0 Å². The van der Waals surface area contributed by atoms with Gasteiger partial charge in [0.1, 0.15) is 7.05 Å². The molecule has 0 atom stereocenters. The number of hydrogen-bond donors (Lipinski definition) is 0. The maximum absolute atomic E-state index is 2.29. The van der Waals surface area contributed by atoms with Gasteiger partial charge in [0.05, 0.1) is 5.56 Å². The third kappa shape index (κ3) is 2.41. The number of nitrogens with zero attached hydrogens (tertiary/aromatic N) is 2. The van der Waals surface area contributed by atoms with Crippen molar-refractivity contribution in [2.45, 2.75) is 6.92 Å². The second-order valence-corrected chi connectivity index (χ2v) is 6.21. The topological polar surface area (TPSA) is 7.12 Å². The Hall–Kier alpha value is -2.87. The highest BCUT2D eigenvalue weighted by atomic mass is 15.1. The summed E-state index contributed by atoms with van der Waals surface area (Å²) in [6.45, 7) is 3.14. The van der Waals surface area contributed by atoms with Gasteiger partial charge in [-0.3, -0.25) is 0 Å². The van der Waals surface area contributed by atoms with Crippen LogP contribution in [0, 0.1) is 6.92 Å². The number of para-hydroxylation sites is 1. The Morgan fingerprint density at radius 3 is 2.62 bits per heavy atom. The number of allylic oxidation sites excluding steroid dienone is 2. The zero-order valence-electron chi connectivity index (χ0n) is 14.1. The van der Waals surface area contributed by atoms with Crippen LogP contribution in [-0.2, 0) is 7.05 Å². The molecule has 0 spiro atoms. The summed E-state index contributed by atoms with van der Waals surface area (Å²) in [5.74, 6) is 0. The molecule has 0 aliphatic carbocycles. The molecule has 4 rings (SSSR count). The lowest BCUT2D eigenvalue weighted by molar-refractivity contribution is -0.633. The monoisotopic (exact) mass is 313 g/mol. The number of rotatable bonds is 2. The summed E-state index contributed by atoms with van der Waals surface area (Å²) >= 11 is 0. The number of aromatic nitrogens is 1.